The van der Waals surface area contributed by atoms with E-state index in [0.717, 1.165) is 41.3 Å². The van der Waals surface area contributed by atoms with Crippen molar-refractivity contribution in [3.8, 4) is 0 Å². The van der Waals surface area contributed by atoms with Crippen LogP contribution in [0.15, 0.2) is 51.0 Å². The van der Waals surface area contributed by atoms with Crippen LogP contribution >= 0.6 is 11.9 Å². The van der Waals surface area contributed by atoms with E-state index in [0.29, 0.717) is 38.4 Å². The molecule has 3 rings (SSSR count). The second-order valence-corrected chi connectivity index (χ2v) is 8.05. The molecule has 0 radical (unpaired) electrons. The van der Waals surface area contributed by atoms with Crippen molar-refractivity contribution in [2.75, 3.05) is 26.9 Å². The fraction of sp³-hybridized carbons (Fsp3) is 0.565. The van der Waals surface area contributed by atoms with Gasteiger partial charge in [0.05, 0.1) is 18.9 Å². The number of carbonyl (C=O) groups excluding carboxylic acids is 1. The molecule has 1 atom stereocenters. The van der Waals surface area contributed by atoms with E-state index in [4.69, 9.17) is 20.1 Å². The molecule has 0 saturated carbocycles. The summed E-state index contributed by atoms with van der Waals surface area (Å²) in [6.45, 7) is 7.08. The first-order valence-corrected chi connectivity index (χ1v) is 12.0. The fourth-order valence-electron chi connectivity index (χ4n) is 3.33. The largest absolute Gasteiger partial charge is 0.491 e. The smallest absolute Gasteiger partial charge is 0.328 e. The molecule has 1 unspecified atom stereocenters. The summed E-state index contributed by atoms with van der Waals surface area (Å²) in [5.41, 5.74) is 2.84. The van der Waals surface area contributed by atoms with Gasteiger partial charge in [-0.25, -0.2) is 10.6 Å². The summed E-state index contributed by atoms with van der Waals surface area (Å²) < 4.78 is 17.8. The minimum atomic E-state index is -0.390. The molecule has 2 aliphatic heterocycles. The Labute approximate surface area is 195 Å². The van der Waals surface area contributed by atoms with Crippen LogP contribution in [0.3, 0.4) is 0 Å². The summed E-state index contributed by atoms with van der Waals surface area (Å²) in [7, 11) is 1.64. The minimum Gasteiger partial charge on any atom is -0.491 e. The first kappa shape index (κ1) is 26.0. The van der Waals surface area contributed by atoms with Crippen molar-refractivity contribution in [3.63, 3.8) is 0 Å². The number of nitrogens with zero attached hydrogens (tertiary/aromatic N) is 2. The highest BCUT2D eigenvalue weighted by atomic mass is 32.2. The highest BCUT2D eigenvalue weighted by Crippen LogP contribution is 2.34. The number of hydrogen-bond acceptors (Lipinski definition) is 9. The molecule has 3 aliphatic rings. The molecule has 2 heterocycles. The van der Waals surface area contributed by atoms with Gasteiger partial charge in [0.1, 0.15) is 23.4 Å². The Hall–Kier alpha value is -2.23. The monoisotopic (exact) mass is 464 g/mol. The van der Waals surface area contributed by atoms with Crippen LogP contribution in [0, 0.1) is 0 Å². The lowest BCUT2D eigenvalue weighted by Crippen LogP contribution is -2.34. The second kappa shape index (κ2) is 14.0. The summed E-state index contributed by atoms with van der Waals surface area (Å²) in [4.78, 5) is 16.7. The standard InChI is InChI=1S/C21H30N4O4S.C2H6/c1-3-28-21(26)19-12-15-11-17(29-10-9-27-2)13-16(14-18(15)24-19)25(22)30-20-7-5-4-6-8-23-20;1-2/h7-8,11,13,19,24H,3-6,9-10,12,14,22H2,1-2H3;1-2H3. The highest BCUT2D eigenvalue weighted by molar-refractivity contribution is 8.00. The molecular weight excluding hydrogens is 428 g/mol. The normalized spacial score (nSPS) is 19.8. The molecule has 0 fully saturated rings. The van der Waals surface area contributed by atoms with Gasteiger partial charge >= 0.3 is 5.97 Å². The fourth-order valence-corrected chi connectivity index (χ4v) is 4.08. The van der Waals surface area contributed by atoms with Gasteiger partial charge in [0.25, 0.3) is 0 Å². The number of aliphatic imine (C=N–C) groups is 1. The van der Waals surface area contributed by atoms with Crippen LogP contribution in [0.4, 0.5) is 0 Å². The Morgan fingerprint density at radius 1 is 1.31 bits per heavy atom. The van der Waals surface area contributed by atoms with E-state index in [9.17, 15) is 4.79 Å². The topological polar surface area (TPSA) is 98.4 Å². The Kier molecular flexibility index (Phi) is 11.4. The predicted octanol–water partition coefficient (Wildman–Crippen LogP) is 3.95. The molecule has 0 amide bonds. The summed E-state index contributed by atoms with van der Waals surface area (Å²) >= 11 is 1.39. The zero-order chi connectivity index (χ0) is 23.3. The third-order valence-electron chi connectivity index (χ3n) is 4.82. The highest BCUT2D eigenvalue weighted by Gasteiger charge is 2.31. The number of rotatable bonds is 9. The van der Waals surface area contributed by atoms with E-state index < -0.39 is 0 Å². The Morgan fingerprint density at radius 3 is 2.88 bits per heavy atom. The van der Waals surface area contributed by atoms with Crippen LogP contribution in [-0.2, 0) is 19.0 Å². The van der Waals surface area contributed by atoms with Crippen LogP contribution in [0.5, 0.6) is 0 Å². The number of carbonyl (C=O) groups is 1. The summed E-state index contributed by atoms with van der Waals surface area (Å²) in [6.07, 6.45) is 12.1. The van der Waals surface area contributed by atoms with E-state index in [1.165, 1.54) is 11.9 Å². The van der Waals surface area contributed by atoms with E-state index in [2.05, 4.69) is 16.4 Å². The van der Waals surface area contributed by atoms with E-state index in [1.54, 1.807) is 11.5 Å². The van der Waals surface area contributed by atoms with Crippen molar-refractivity contribution < 1.29 is 19.0 Å². The van der Waals surface area contributed by atoms with Crippen LogP contribution in [-0.4, -0.2) is 49.6 Å². The zero-order valence-electron chi connectivity index (χ0n) is 19.6. The molecule has 0 aromatic carbocycles. The molecule has 0 bridgehead atoms. The maximum Gasteiger partial charge on any atom is 0.328 e. The summed E-state index contributed by atoms with van der Waals surface area (Å²) in [6, 6.07) is -0.390. The average molecular weight is 465 g/mol. The number of hydrogen-bond donors (Lipinski definition) is 2. The van der Waals surface area contributed by atoms with Gasteiger partial charge in [0.2, 0.25) is 0 Å². The molecular formula is C23H36N4O4S. The number of nitrogens with two attached hydrogens (primary N) is 1. The molecule has 8 nitrogen and oxygen atoms in total. The van der Waals surface area contributed by atoms with Gasteiger partial charge in [-0.1, -0.05) is 19.9 Å². The molecule has 9 heteroatoms. The molecule has 0 spiro atoms. The maximum absolute atomic E-state index is 12.2. The summed E-state index contributed by atoms with van der Waals surface area (Å²) in [5.74, 6) is 6.85. The van der Waals surface area contributed by atoms with Crippen molar-refractivity contribution in [2.24, 2.45) is 10.8 Å². The van der Waals surface area contributed by atoms with Gasteiger partial charge in [-0.15, -0.1) is 0 Å². The molecule has 3 N–H and O–H groups in total. The van der Waals surface area contributed by atoms with Gasteiger partial charge in [0.15, 0.2) is 0 Å². The van der Waals surface area contributed by atoms with Gasteiger partial charge in [-0.05, 0) is 37.8 Å². The number of methoxy groups -OCH3 is 1. The van der Waals surface area contributed by atoms with E-state index in [1.807, 2.05) is 39.1 Å². The number of hydrazine groups is 1. The number of allylic oxidation sites excluding steroid dienone is 3. The lowest BCUT2D eigenvalue weighted by Gasteiger charge is -2.22. The second-order valence-electron chi connectivity index (χ2n) is 7.06. The predicted molar refractivity (Wildman–Crippen MR) is 129 cm³/mol. The lowest BCUT2D eigenvalue weighted by molar-refractivity contribution is -0.145. The Bertz CT molecular complexity index is 789. The lowest BCUT2D eigenvalue weighted by atomic mass is 10.1. The molecule has 32 heavy (non-hydrogen) atoms. The number of esters is 1. The zero-order valence-corrected chi connectivity index (χ0v) is 20.4. The maximum atomic E-state index is 12.2. The minimum absolute atomic E-state index is 0.247. The molecule has 178 valence electrons. The third kappa shape index (κ3) is 7.72. The Morgan fingerprint density at radius 2 is 2.12 bits per heavy atom. The molecule has 0 aromatic heterocycles. The van der Waals surface area contributed by atoms with Crippen LogP contribution < -0.4 is 11.2 Å². The Balaban J connectivity index is 0.00000176. The van der Waals surface area contributed by atoms with Gasteiger partial charge in [-0.2, -0.15) is 0 Å². The van der Waals surface area contributed by atoms with Crippen molar-refractivity contribution in [1.29, 1.82) is 0 Å². The first-order chi connectivity index (χ1) is 15.6. The average Bonchev–Trinajstić information content (AvgIpc) is 2.94. The molecule has 0 saturated heterocycles. The third-order valence-corrected chi connectivity index (χ3v) is 5.71. The molecule has 1 aliphatic carbocycles. The number of ether oxygens (including phenoxy) is 3. The van der Waals surface area contributed by atoms with Gasteiger partial charge in [-0.3, -0.25) is 9.41 Å². The van der Waals surface area contributed by atoms with E-state index >= 15 is 0 Å². The summed E-state index contributed by atoms with van der Waals surface area (Å²) in [5, 5.41) is 4.19. The van der Waals surface area contributed by atoms with Crippen molar-refractivity contribution in [1.82, 2.24) is 9.73 Å². The first-order valence-electron chi connectivity index (χ1n) is 11.3. The van der Waals surface area contributed by atoms with Crippen LogP contribution in [0.2, 0.25) is 0 Å². The SMILES string of the molecule is CC.CCOC(=O)C1CC2=C(CC(N(N)SC3=CCCCC=N3)=CC(OCCOC)=C2)N1. The molecule has 0 aromatic rings. The van der Waals surface area contributed by atoms with Crippen molar-refractivity contribution >= 4 is 24.1 Å². The van der Waals surface area contributed by atoms with Gasteiger partial charge in [0, 0.05) is 49.9 Å². The van der Waals surface area contributed by atoms with Gasteiger partial charge < -0.3 is 19.5 Å². The van der Waals surface area contributed by atoms with Crippen molar-refractivity contribution in [3.05, 3.63) is 46.0 Å². The number of nitrogens with one attached hydrogen (secondary N) is 1. The van der Waals surface area contributed by atoms with Crippen LogP contribution in [0.1, 0.15) is 52.9 Å². The van der Waals surface area contributed by atoms with E-state index in [-0.39, 0.29) is 12.0 Å². The van der Waals surface area contributed by atoms with Crippen molar-refractivity contribution in [2.45, 2.75) is 58.9 Å². The quantitative estimate of drug-likeness (QED) is 0.174. The van der Waals surface area contributed by atoms with Crippen LogP contribution in [0.25, 0.3) is 0 Å².